The number of carbonyl (C=O) groups is 3. The second-order valence-corrected chi connectivity index (χ2v) is 6.02. The number of halogens is 1. The number of benzene rings is 1. The van der Waals surface area contributed by atoms with Gasteiger partial charge in [0.15, 0.2) is 0 Å². The highest BCUT2D eigenvalue weighted by Gasteiger charge is 2.36. The van der Waals surface area contributed by atoms with Crippen LogP contribution in [0.2, 0.25) is 0 Å². The summed E-state index contributed by atoms with van der Waals surface area (Å²) < 4.78 is 5.44. The topological polar surface area (TPSA) is 63.7 Å². The molecule has 0 bridgehead atoms. The minimum absolute atomic E-state index is 0.308. The molecular formula is C13H10INO4S. The molecule has 104 valence electrons. The first kappa shape index (κ1) is 15.0. The summed E-state index contributed by atoms with van der Waals surface area (Å²) in [5, 5.41) is -0.461. The Hall–Kier alpha value is -1.35. The molecule has 0 spiro atoms. The zero-order valence-corrected chi connectivity index (χ0v) is 13.4. The van der Waals surface area contributed by atoms with Crippen LogP contribution in [-0.2, 0) is 14.3 Å². The van der Waals surface area contributed by atoms with E-state index in [0.717, 1.165) is 25.8 Å². The summed E-state index contributed by atoms with van der Waals surface area (Å²) in [6, 6.07) is 7.51. The van der Waals surface area contributed by atoms with E-state index in [1.807, 2.05) is 24.3 Å². The smallest absolute Gasteiger partial charge is 0.325 e. The molecule has 1 saturated heterocycles. The summed E-state index contributed by atoms with van der Waals surface area (Å²) >= 11 is 2.98. The Bertz CT molecular complexity index is 614. The maximum Gasteiger partial charge on any atom is 0.325 e. The van der Waals surface area contributed by atoms with Crippen LogP contribution in [0.25, 0.3) is 6.08 Å². The number of imide groups is 1. The Balaban J connectivity index is 2.24. The minimum atomic E-state index is -0.622. The van der Waals surface area contributed by atoms with Gasteiger partial charge in [0.2, 0.25) is 0 Å². The van der Waals surface area contributed by atoms with Gasteiger partial charge in [0.25, 0.3) is 11.1 Å². The largest absolute Gasteiger partial charge is 0.468 e. The summed E-state index contributed by atoms with van der Waals surface area (Å²) in [7, 11) is 1.21. The van der Waals surface area contributed by atoms with Crippen molar-refractivity contribution in [3.8, 4) is 0 Å². The Kier molecular flexibility index (Phi) is 4.81. The van der Waals surface area contributed by atoms with Gasteiger partial charge in [0.1, 0.15) is 6.54 Å². The van der Waals surface area contributed by atoms with Gasteiger partial charge in [-0.15, -0.1) is 0 Å². The van der Waals surface area contributed by atoms with Crippen molar-refractivity contribution in [3.63, 3.8) is 0 Å². The average molecular weight is 403 g/mol. The van der Waals surface area contributed by atoms with Crippen molar-refractivity contribution in [2.45, 2.75) is 0 Å². The monoisotopic (exact) mass is 403 g/mol. The number of rotatable bonds is 3. The highest BCUT2D eigenvalue weighted by atomic mass is 127. The highest BCUT2D eigenvalue weighted by molar-refractivity contribution is 14.1. The highest BCUT2D eigenvalue weighted by Crippen LogP contribution is 2.32. The van der Waals surface area contributed by atoms with Crippen LogP contribution in [0.15, 0.2) is 29.2 Å². The third-order valence-electron chi connectivity index (χ3n) is 2.58. The molecule has 2 rings (SSSR count). The maximum atomic E-state index is 12.1. The molecule has 1 aliphatic rings. The molecule has 5 nitrogen and oxygen atoms in total. The zero-order valence-electron chi connectivity index (χ0n) is 10.5. The molecule has 1 aromatic carbocycles. The fraction of sp³-hybridized carbons (Fsp3) is 0.154. The van der Waals surface area contributed by atoms with Gasteiger partial charge >= 0.3 is 5.97 Å². The van der Waals surface area contributed by atoms with Crippen LogP contribution in [0.3, 0.4) is 0 Å². The van der Waals surface area contributed by atoms with Crippen LogP contribution < -0.4 is 0 Å². The number of ether oxygens (including phenoxy) is 1. The van der Waals surface area contributed by atoms with E-state index in [9.17, 15) is 14.4 Å². The predicted octanol–water partition coefficient (Wildman–Crippen LogP) is 2.50. The number of amides is 2. The van der Waals surface area contributed by atoms with Crippen molar-refractivity contribution in [1.82, 2.24) is 4.90 Å². The third kappa shape index (κ3) is 3.21. The van der Waals surface area contributed by atoms with Crippen molar-refractivity contribution in [2.24, 2.45) is 0 Å². The molecule has 7 heteroatoms. The van der Waals surface area contributed by atoms with Gasteiger partial charge in [-0.1, -0.05) is 18.2 Å². The summed E-state index contributed by atoms with van der Waals surface area (Å²) in [4.78, 5) is 36.2. The van der Waals surface area contributed by atoms with E-state index < -0.39 is 17.1 Å². The first-order chi connectivity index (χ1) is 9.52. The average Bonchev–Trinajstić information content (AvgIpc) is 2.69. The number of nitrogens with zero attached hydrogens (tertiary/aromatic N) is 1. The number of methoxy groups -OCH3 is 1. The van der Waals surface area contributed by atoms with Crippen LogP contribution in [0.1, 0.15) is 5.56 Å². The maximum absolute atomic E-state index is 12.1. The lowest BCUT2D eigenvalue weighted by Crippen LogP contribution is -2.34. The zero-order chi connectivity index (χ0) is 14.7. The van der Waals surface area contributed by atoms with Gasteiger partial charge in [0.05, 0.1) is 12.0 Å². The van der Waals surface area contributed by atoms with Gasteiger partial charge in [-0.2, -0.15) is 0 Å². The molecule has 0 aliphatic carbocycles. The third-order valence-corrected chi connectivity index (χ3v) is 4.47. The number of carbonyl (C=O) groups excluding carboxylic acids is 3. The second kappa shape index (κ2) is 6.40. The number of hydrogen-bond donors (Lipinski definition) is 0. The van der Waals surface area contributed by atoms with Crippen molar-refractivity contribution < 1.29 is 19.1 Å². The molecule has 1 fully saturated rings. The molecule has 20 heavy (non-hydrogen) atoms. The van der Waals surface area contributed by atoms with Gasteiger partial charge in [-0.3, -0.25) is 19.3 Å². The van der Waals surface area contributed by atoms with Crippen LogP contribution in [-0.4, -0.2) is 35.7 Å². The summed E-state index contributed by atoms with van der Waals surface area (Å²) in [6.07, 6.45) is 1.66. The molecule has 0 aromatic heterocycles. The normalized spacial score (nSPS) is 16.9. The molecule has 1 aliphatic heterocycles. The first-order valence-corrected chi connectivity index (χ1v) is 7.49. The van der Waals surface area contributed by atoms with Crippen LogP contribution in [0.5, 0.6) is 0 Å². The van der Waals surface area contributed by atoms with Gasteiger partial charge in [0, 0.05) is 3.57 Å². The van der Waals surface area contributed by atoms with E-state index in [0.29, 0.717) is 4.91 Å². The second-order valence-electron chi connectivity index (χ2n) is 3.87. The number of hydrogen-bond acceptors (Lipinski definition) is 5. The standard InChI is InChI=1S/C13H10INO4S/c1-19-11(16)7-15-12(17)10(20-13(15)18)6-8-4-2-3-5-9(8)14/h2-6H,7H2,1H3/b10-6-. The minimum Gasteiger partial charge on any atom is -0.468 e. The van der Waals surface area contributed by atoms with E-state index in [1.54, 1.807) is 6.08 Å². The molecule has 0 saturated carbocycles. The molecule has 1 heterocycles. The lowest BCUT2D eigenvalue weighted by atomic mass is 10.2. The van der Waals surface area contributed by atoms with Gasteiger partial charge in [-0.05, 0) is 52.1 Å². The van der Waals surface area contributed by atoms with Gasteiger partial charge in [-0.25, -0.2) is 0 Å². The fourth-order valence-electron chi connectivity index (χ4n) is 1.56. The molecular weight excluding hydrogens is 393 g/mol. The quantitative estimate of drug-likeness (QED) is 0.441. The van der Waals surface area contributed by atoms with E-state index in [1.165, 1.54) is 7.11 Å². The predicted molar refractivity (Wildman–Crippen MR) is 83.9 cm³/mol. The van der Waals surface area contributed by atoms with Crippen molar-refractivity contribution in [3.05, 3.63) is 38.3 Å². The van der Waals surface area contributed by atoms with Crippen molar-refractivity contribution in [1.29, 1.82) is 0 Å². The van der Waals surface area contributed by atoms with E-state index in [-0.39, 0.29) is 6.54 Å². The number of thioether (sulfide) groups is 1. The summed E-state index contributed by atoms with van der Waals surface area (Å²) in [5.41, 5.74) is 0.858. The van der Waals surface area contributed by atoms with E-state index in [4.69, 9.17) is 0 Å². The first-order valence-electron chi connectivity index (χ1n) is 5.59. The Morgan fingerprint density at radius 3 is 2.75 bits per heavy atom. The van der Waals surface area contributed by atoms with E-state index in [2.05, 4.69) is 27.3 Å². The summed E-state index contributed by atoms with van der Waals surface area (Å²) in [6.45, 7) is -0.357. The lowest BCUT2D eigenvalue weighted by Gasteiger charge is -2.09. The van der Waals surface area contributed by atoms with Crippen LogP contribution in [0, 0.1) is 3.57 Å². The molecule has 0 N–H and O–H groups in total. The lowest BCUT2D eigenvalue weighted by molar-refractivity contribution is -0.143. The molecule has 0 atom stereocenters. The van der Waals surface area contributed by atoms with Crippen LogP contribution in [0.4, 0.5) is 4.79 Å². The molecule has 0 unspecified atom stereocenters. The molecule has 2 amide bonds. The molecule has 0 radical (unpaired) electrons. The number of esters is 1. The Labute approximate surface area is 133 Å². The van der Waals surface area contributed by atoms with Gasteiger partial charge < -0.3 is 4.74 Å². The Morgan fingerprint density at radius 1 is 1.40 bits per heavy atom. The van der Waals surface area contributed by atoms with Crippen LogP contribution >= 0.6 is 34.4 Å². The Morgan fingerprint density at radius 2 is 2.10 bits per heavy atom. The molecule has 1 aromatic rings. The summed E-state index contributed by atoms with van der Waals surface area (Å²) in [5.74, 6) is -1.09. The SMILES string of the molecule is COC(=O)CN1C(=O)S/C(=C\c2ccccc2I)C1=O. The van der Waals surface area contributed by atoms with E-state index >= 15 is 0 Å². The van der Waals surface area contributed by atoms with Crippen molar-refractivity contribution >= 4 is 57.5 Å². The van der Waals surface area contributed by atoms with Crippen molar-refractivity contribution in [2.75, 3.05) is 13.7 Å². The fourth-order valence-corrected chi connectivity index (χ4v) is 2.94.